The summed E-state index contributed by atoms with van der Waals surface area (Å²) in [5.41, 5.74) is 2.68. The summed E-state index contributed by atoms with van der Waals surface area (Å²) in [6, 6.07) is 7.84. The molecule has 0 radical (unpaired) electrons. The molecule has 1 N–H and O–H groups in total. The van der Waals surface area contributed by atoms with E-state index in [1.165, 1.54) is 0 Å². The summed E-state index contributed by atoms with van der Waals surface area (Å²) >= 11 is 0. The fourth-order valence-corrected chi connectivity index (χ4v) is 2.43. The highest BCUT2D eigenvalue weighted by Gasteiger charge is 2.23. The number of carbonyl (C=O) groups excluding carboxylic acids is 1. The van der Waals surface area contributed by atoms with Crippen LogP contribution in [0.1, 0.15) is 19.2 Å². The van der Waals surface area contributed by atoms with Crippen LogP contribution in [0.2, 0.25) is 0 Å². The first-order valence-electron chi connectivity index (χ1n) is 6.67. The van der Waals surface area contributed by atoms with Crippen molar-refractivity contribution < 1.29 is 9.53 Å². The van der Waals surface area contributed by atoms with Crippen molar-refractivity contribution in [1.82, 2.24) is 14.9 Å². The third-order valence-corrected chi connectivity index (χ3v) is 3.53. The van der Waals surface area contributed by atoms with Gasteiger partial charge in [-0.05, 0) is 19.1 Å². The zero-order chi connectivity index (χ0) is 14.1. The topological polar surface area (TPSA) is 58.2 Å². The molecular formula is C15H17N3O2. The molecule has 1 aromatic heterocycles. The van der Waals surface area contributed by atoms with Crippen LogP contribution in [0.5, 0.6) is 0 Å². The number of nitrogens with one attached hydrogen (secondary N) is 1. The Balaban J connectivity index is 1.77. The molecule has 0 aliphatic carbocycles. The standard InChI is InChI=1S/C15H17N3O2/c1-10-11(7-8-20-10)15(19)18(2)9-14-16-12-5-3-4-6-13(12)17-14/h3-6H,7-9H2,1-2H3,(H,16,17). The molecule has 0 spiro atoms. The van der Waals surface area contributed by atoms with Crippen LogP contribution in [-0.4, -0.2) is 34.4 Å². The Morgan fingerprint density at radius 2 is 2.25 bits per heavy atom. The highest BCUT2D eigenvalue weighted by molar-refractivity contribution is 5.94. The molecule has 5 nitrogen and oxygen atoms in total. The summed E-state index contributed by atoms with van der Waals surface area (Å²) < 4.78 is 5.34. The van der Waals surface area contributed by atoms with E-state index >= 15 is 0 Å². The van der Waals surface area contributed by atoms with Crippen molar-refractivity contribution >= 4 is 16.9 Å². The van der Waals surface area contributed by atoms with Crippen molar-refractivity contribution in [3.63, 3.8) is 0 Å². The second kappa shape index (κ2) is 5.00. The number of nitrogens with zero attached hydrogens (tertiary/aromatic N) is 2. The van der Waals surface area contributed by atoms with Crippen LogP contribution < -0.4 is 0 Å². The van der Waals surface area contributed by atoms with Crippen LogP contribution in [0.15, 0.2) is 35.6 Å². The Hall–Kier alpha value is -2.30. The van der Waals surface area contributed by atoms with Gasteiger partial charge in [-0.15, -0.1) is 0 Å². The highest BCUT2D eigenvalue weighted by atomic mass is 16.5. The van der Waals surface area contributed by atoms with Gasteiger partial charge in [0.15, 0.2) is 0 Å². The minimum absolute atomic E-state index is 0.0143. The van der Waals surface area contributed by atoms with Gasteiger partial charge in [0.25, 0.3) is 5.91 Å². The number of rotatable bonds is 3. The average Bonchev–Trinajstić information content (AvgIpc) is 3.03. The number of amides is 1. The van der Waals surface area contributed by atoms with E-state index in [2.05, 4.69) is 9.97 Å². The quantitative estimate of drug-likeness (QED) is 0.931. The molecule has 0 bridgehead atoms. The largest absolute Gasteiger partial charge is 0.497 e. The van der Waals surface area contributed by atoms with Crippen LogP contribution in [0.25, 0.3) is 11.0 Å². The predicted octanol–water partition coefficient (Wildman–Crippen LogP) is 2.22. The van der Waals surface area contributed by atoms with Crippen molar-refractivity contribution in [3.05, 3.63) is 41.4 Å². The molecule has 1 amide bonds. The van der Waals surface area contributed by atoms with Crippen molar-refractivity contribution in [3.8, 4) is 0 Å². The fourth-order valence-electron chi connectivity index (χ4n) is 2.43. The molecule has 3 rings (SSSR count). The Kier molecular flexibility index (Phi) is 3.18. The molecule has 104 valence electrons. The number of fused-ring (bicyclic) bond motifs is 1. The summed E-state index contributed by atoms with van der Waals surface area (Å²) in [6.45, 7) is 2.91. The molecule has 0 saturated heterocycles. The predicted molar refractivity (Wildman–Crippen MR) is 75.8 cm³/mol. The number of likely N-dealkylation sites (N-methyl/N-ethyl adjacent to an activating group) is 1. The van der Waals surface area contributed by atoms with Crippen LogP contribution in [0, 0.1) is 0 Å². The van der Waals surface area contributed by atoms with Gasteiger partial charge in [0.1, 0.15) is 11.6 Å². The van der Waals surface area contributed by atoms with E-state index in [1.807, 2.05) is 31.2 Å². The van der Waals surface area contributed by atoms with Crippen molar-refractivity contribution in [1.29, 1.82) is 0 Å². The molecule has 1 aliphatic heterocycles. The van der Waals surface area contributed by atoms with Gasteiger partial charge in [0.2, 0.25) is 0 Å². The first-order chi connectivity index (χ1) is 9.65. The normalized spacial score (nSPS) is 14.7. The number of H-pyrrole nitrogens is 1. The molecule has 0 fully saturated rings. The molecule has 0 atom stereocenters. The number of aromatic amines is 1. The zero-order valence-corrected chi connectivity index (χ0v) is 11.6. The maximum atomic E-state index is 12.3. The summed E-state index contributed by atoms with van der Waals surface area (Å²) in [7, 11) is 1.79. The summed E-state index contributed by atoms with van der Waals surface area (Å²) in [6.07, 6.45) is 0.690. The van der Waals surface area contributed by atoms with Crippen LogP contribution >= 0.6 is 0 Å². The lowest BCUT2D eigenvalue weighted by Gasteiger charge is -2.16. The van der Waals surface area contributed by atoms with Gasteiger partial charge in [-0.3, -0.25) is 4.79 Å². The number of carbonyl (C=O) groups is 1. The highest BCUT2D eigenvalue weighted by Crippen LogP contribution is 2.21. The number of ether oxygens (including phenoxy) is 1. The molecular weight excluding hydrogens is 254 g/mol. The van der Waals surface area contributed by atoms with E-state index in [4.69, 9.17) is 4.74 Å². The number of hydrogen-bond donors (Lipinski definition) is 1. The lowest BCUT2D eigenvalue weighted by atomic mass is 10.1. The summed E-state index contributed by atoms with van der Waals surface area (Å²) in [4.78, 5) is 21.7. The number of aromatic nitrogens is 2. The number of benzene rings is 1. The van der Waals surface area contributed by atoms with E-state index in [-0.39, 0.29) is 5.91 Å². The minimum atomic E-state index is 0.0143. The Labute approximate surface area is 117 Å². The second-order valence-corrected chi connectivity index (χ2v) is 5.00. The molecule has 2 aromatic rings. The van der Waals surface area contributed by atoms with E-state index in [9.17, 15) is 4.79 Å². The Morgan fingerprint density at radius 3 is 2.95 bits per heavy atom. The van der Waals surface area contributed by atoms with Gasteiger partial charge in [-0.2, -0.15) is 0 Å². The van der Waals surface area contributed by atoms with Gasteiger partial charge in [-0.25, -0.2) is 4.98 Å². The SMILES string of the molecule is CC1=C(C(=O)N(C)Cc2nc3ccccc3[nH]2)CCO1. The van der Waals surface area contributed by atoms with Gasteiger partial charge in [-0.1, -0.05) is 12.1 Å². The van der Waals surface area contributed by atoms with Crippen LogP contribution in [-0.2, 0) is 16.1 Å². The molecule has 20 heavy (non-hydrogen) atoms. The van der Waals surface area contributed by atoms with Crippen molar-refractivity contribution in [2.24, 2.45) is 0 Å². The second-order valence-electron chi connectivity index (χ2n) is 5.00. The van der Waals surface area contributed by atoms with Gasteiger partial charge in [0.05, 0.1) is 29.8 Å². The number of para-hydroxylation sites is 2. The van der Waals surface area contributed by atoms with E-state index < -0.39 is 0 Å². The van der Waals surface area contributed by atoms with E-state index in [1.54, 1.807) is 11.9 Å². The van der Waals surface area contributed by atoms with Crippen LogP contribution in [0.4, 0.5) is 0 Å². The first-order valence-corrected chi connectivity index (χ1v) is 6.67. The smallest absolute Gasteiger partial charge is 0.253 e. The average molecular weight is 271 g/mol. The fraction of sp³-hybridized carbons (Fsp3) is 0.333. The van der Waals surface area contributed by atoms with Gasteiger partial charge >= 0.3 is 0 Å². The van der Waals surface area contributed by atoms with E-state index in [0.29, 0.717) is 19.6 Å². The third-order valence-electron chi connectivity index (χ3n) is 3.53. The monoisotopic (exact) mass is 271 g/mol. The van der Waals surface area contributed by atoms with Crippen LogP contribution in [0.3, 0.4) is 0 Å². The minimum Gasteiger partial charge on any atom is -0.497 e. The van der Waals surface area contributed by atoms with Crippen molar-refractivity contribution in [2.45, 2.75) is 19.9 Å². The molecule has 0 saturated carbocycles. The summed E-state index contributed by atoms with van der Waals surface area (Å²) in [5, 5.41) is 0. The molecule has 0 unspecified atom stereocenters. The number of allylic oxidation sites excluding steroid dienone is 1. The molecule has 2 heterocycles. The van der Waals surface area contributed by atoms with Crippen molar-refractivity contribution in [2.75, 3.05) is 13.7 Å². The Morgan fingerprint density at radius 1 is 1.45 bits per heavy atom. The van der Waals surface area contributed by atoms with Gasteiger partial charge in [0, 0.05) is 13.5 Å². The summed E-state index contributed by atoms with van der Waals surface area (Å²) in [5.74, 6) is 1.55. The number of imidazole rings is 1. The lowest BCUT2D eigenvalue weighted by molar-refractivity contribution is -0.126. The van der Waals surface area contributed by atoms with E-state index in [0.717, 1.165) is 28.2 Å². The molecule has 1 aromatic carbocycles. The zero-order valence-electron chi connectivity index (χ0n) is 11.6. The lowest BCUT2D eigenvalue weighted by Crippen LogP contribution is -2.28. The molecule has 5 heteroatoms. The maximum absolute atomic E-state index is 12.3. The third kappa shape index (κ3) is 2.27. The first kappa shape index (κ1) is 12.7. The Bertz CT molecular complexity index is 654. The maximum Gasteiger partial charge on any atom is 0.253 e. The molecule has 1 aliphatic rings. The number of hydrogen-bond acceptors (Lipinski definition) is 3. The van der Waals surface area contributed by atoms with Gasteiger partial charge < -0.3 is 14.6 Å².